The first kappa shape index (κ1) is 18.9. The summed E-state index contributed by atoms with van der Waals surface area (Å²) in [7, 11) is 0. The monoisotopic (exact) mass is 357 g/mol. The van der Waals surface area contributed by atoms with E-state index < -0.39 is 0 Å². The van der Waals surface area contributed by atoms with Crippen LogP contribution in [0.15, 0.2) is 28.2 Å². The molecule has 5 heteroatoms. The van der Waals surface area contributed by atoms with Crippen molar-refractivity contribution in [2.45, 2.75) is 66.5 Å². The lowest BCUT2D eigenvalue weighted by molar-refractivity contribution is 0.154. The van der Waals surface area contributed by atoms with Crippen molar-refractivity contribution < 1.29 is 9.47 Å². The fraction of sp³-hybridized carbons (Fsp3) is 0.667. The maximum absolute atomic E-state index is 5.90. The molecule has 3 heterocycles. The molecule has 0 amide bonds. The summed E-state index contributed by atoms with van der Waals surface area (Å²) in [5, 5.41) is 0. The van der Waals surface area contributed by atoms with Gasteiger partial charge in [0.05, 0.1) is 0 Å². The molecule has 2 unspecified atom stereocenters. The van der Waals surface area contributed by atoms with Gasteiger partial charge in [0.25, 0.3) is 0 Å². The minimum absolute atomic E-state index is 0.0134. The number of aromatic nitrogens is 1. The first-order valence-corrected chi connectivity index (χ1v) is 9.28. The summed E-state index contributed by atoms with van der Waals surface area (Å²) >= 11 is 0. The van der Waals surface area contributed by atoms with Crippen molar-refractivity contribution in [3.63, 3.8) is 0 Å². The van der Waals surface area contributed by atoms with Crippen molar-refractivity contribution >= 4 is 11.8 Å². The van der Waals surface area contributed by atoms with E-state index in [-0.39, 0.29) is 21.9 Å². The van der Waals surface area contributed by atoms with E-state index >= 15 is 0 Å². The van der Waals surface area contributed by atoms with Gasteiger partial charge in [-0.2, -0.15) is 0 Å². The Morgan fingerprint density at radius 1 is 0.769 bits per heavy atom. The molecule has 3 rings (SSSR count). The largest absolute Gasteiger partial charge is 0.474 e. The van der Waals surface area contributed by atoms with Gasteiger partial charge < -0.3 is 9.47 Å². The summed E-state index contributed by atoms with van der Waals surface area (Å²) in [6.45, 7) is 18.5. The van der Waals surface area contributed by atoms with E-state index in [4.69, 9.17) is 24.4 Å². The summed E-state index contributed by atoms with van der Waals surface area (Å²) in [5.74, 6) is 1.20. The SMILES string of the molecule is CC(C)(C)C1(C)COC(c2cccc(C3=NC(C)(C(C)(C)C)CO3)n2)=N1. The summed E-state index contributed by atoms with van der Waals surface area (Å²) in [5.41, 5.74) is 0.967. The van der Waals surface area contributed by atoms with E-state index in [0.717, 1.165) is 11.4 Å². The zero-order valence-corrected chi connectivity index (χ0v) is 17.3. The fourth-order valence-corrected chi connectivity index (χ4v) is 2.70. The zero-order chi connectivity index (χ0) is 19.4. The molecule has 0 spiro atoms. The molecule has 2 aliphatic rings. The third-order valence-corrected chi connectivity index (χ3v) is 6.10. The van der Waals surface area contributed by atoms with Crippen LogP contribution < -0.4 is 0 Å². The van der Waals surface area contributed by atoms with Gasteiger partial charge in [-0.05, 0) is 36.8 Å². The predicted molar refractivity (Wildman–Crippen MR) is 105 cm³/mol. The first-order chi connectivity index (χ1) is 11.8. The molecular formula is C21H31N3O2. The lowest BCUT2D eigenvalue weighted by Crippen LogP contribution is -2.39. The third-order valence-electron chi connectivity index (χ3n) is 6.10. The van der Waals surface area contributed by atoms with Crippen LogP contribution in [-0.2, 0) is 9.47 Å². The molecule has 0 bridgehead atoms. The van der Waals surface area contributed by atoms with E-state index in [1.54, 1.807) is 0 Å². The molecular weight excluding hydrogens is 326 g/mol. The van der Waals surface area contributed by atoms with Gasteiger partial charge in [0.15, 0.2) is 0 Å². The molecule has 0 fully saturated rings. The molecule has 1 aromatic heterocycles. The summed E-state index contributed by atoms with van der Waals surface area (Å²) < 4.78 is 11.8. The second-order valence-electron chi connectivity index (χ2n) is 9.87. The maximum Gasteiger partial charge on any atom is 0.236 e. The highest BCUT2D eigenvalue weighted by Crippen LogP contribution is 2.39. The van der Waals surface area contributed by atoms with Crippen LogP contribution in [0.25, 0.3) is 0 Å². The molecule has 0 saturated heterocycles. The van der Waals surface area contributed by atoms with E-state index in [0.29, 0.717) is 25.0 Å². The first-order valence-electron chi connectivity index (χ1n) is 9.28. The molecule has 0 aliphatic carbocycles. The highest BCUT2D eigenvalue weighted by atomic mass is 16.5. The number of nitrogens with zero attached hydrogens (tertiary/aromatic N) is 3. The number of hydrogen-bond acceptors (Lipinski definition) is 5. The van der Waals surface area contributed by atoms with E-state index in [1.807, 2.05) is 18.2 Å². The normalized spacial score (nSPS) is 29.1. The zero-order valence-electron chi connectivity index (χ0n) is 17.3. The minimum atomic E-state index is -0.258. The van der Waals surface area contributed by atoms with Gasteiger partial charge in [0.2, 0.25) is 11.8 Å². The van der Waals surface area contributed by atoms with Gasteiger partial charge in [-0.3, -0.25) is 0 Å². The number of aliphatic imine (C=N–C) groups is 2. The van der Waals surface area contributed by atoms with Gasteiger partial charge in [-0.1, -0.05) is 47.6 Å². The van der Waals surface area contributed by atoms with Gasteiger partial charge in [0, 0.05) is 0 Å². The average molecular weight is 357 g/mol. The van der Waals surface area contributed by atoms with Gasteiger partial charge >= 0.3 is 0 Å². The van der Waals surface area contributed by atoms with Crippen LogP contribution in [0.1, 0.15) is 66.8 Å². The van der Waals surface area contributed by atoms with Crippen LogP contribution in [0.5, 0.6) is 0 Å². The molecule has 1 aromatic rings. The summed E-state index contributed by atoms with van der Waals surface area (Å²) in [6.07, 6.45) is 0. The van der Waals surface area contributed by atoms with Gasteiger partial charge in [-0.25, -0.2) is 15.0 Å². The van der Waals surface area contributed by atoms with Crippen LogP contribution in [0.2, 0.25) is 0 Å². The minimum Gasteiger partial charge on any atom is -0.474 e. The summed E-state index contributed by atoms with van der Waals surface area (Å²) in [4.78, 5) is 14.4. The molecule has 0 aromatic carbocycles. The van der Waals surface area contributed by atoms with Crippen LogP contribution >= 0.6 is 0 Å². The van der Waals surface area contributed by atoms with Crippen molar-refractivity contribution in [2.24, 2.45) is 20.8 Å². The standard InChI is InChI=1S/C21H31N3O2/c1-18(2,3)20(7)12-25-16(23-20)14-10-9-11-15(22-14)17-24-21(8,13-26-17)19(4,5)6/h9-11H,12-13H2,1-8H3. The molecule has 0 radical (unpaired) electrons. The molecule has 0 N–H and O–H groups in total. The molecule has 2 atom stereocenters. The second kappa shape index (κ2) is 5.80. The van der Waals surface area contributed by atoms with Crippen LogP contribution in [-0.4, -0.2) is 41.1 Å². The number of rotatable bonds is 2. The molecule has 5 nitrogen and oxygen atoms in total. The van der Waals surface area contributed by atoms with E-state index in [2.05, 4.69) is 55.4 Å². The van der Waals surface area contributed by atoms with E-state index in [9.17, 15) is 0 Å². The Hall–Kier alpha value is -1.91. The Morgan fingerprint density at radius 3 is 1.46 bits per heavy atom. The Kier molecular flexibility index (Phi) is 4.21. The van der Waals surface area contributed by atoms with Crippen LogP contribution in [0.4, 0.5) is 0 Å². The van der Waals surface area contributed by atoms with Crippen LogP contribution in [0.3, 0.4) is 0 Å². The highest BCUT2D eigenvalue weighted by molar-refractivity contribution is 5.97. The van der Waals surface area contributed by atoms with Crippen molar-refractivity contribution in [3.8, 4) is 0 Å². The predicted octanol–water partition coefficient (Wildman–Crippen LogP) is 4.24. The molecule has 2 aliphatic heterocycles. The van der Waals surface area contributed by atoms with Crippen molar-refractivity contribution in [3.05, 3.63) is 29.6 Å². The lowest BCUT2D eigenvalue weighted by Gasteiger charge is -2.33. The molecule has 0 saturated carbocycles. The van der Waals surface area contributed by atoms with E-state index in [1.165, 1.54) is 0 Å². The lowest BCUT2D eigenvalue weighted by atomic mass is 9.76. The van der Waals surface area contributed by atoms with Crippen molar-refractivity contribution in [1.82, 2.24) is 4.98 Å². The third kappa shape index (κ3) is 3.12. The Bertz CT molecular complexity index is 709. The Morgan fingerprint density at radius 2 is 1.15 bits per heavy atom. The average Bonchev–Trinajstić information content (AvgIpc) is 3.12. The Balaban J connectivity index is 1.92. The topological polar surface area (TPSA) is 56.1 Å². The molecule has 142 valence electrons. The fourth-order valence-electron chi connectivity index (χ4n) is 2.70. The van der Waals surface area contributed by atoms with Crippen LogP contribution in [0, 0.1) is 10.8 Å². The number of pyridine rings is 1. The van der Waals surface area contributed by atoms with Crippen molar-refractivity contribution in [2.75, 3.05) is 13.2 Å². The van der Waals surface area contributed by atoms with Gasteiger partial charge in [0.1, 0.15) is 35.7 Å². The second-order valence-corrected chi connectivity index (χ2v) is 9.87. The Labute approximate surface area is 156 Å². The smallest absolute Gasteiger partial charge is 0.236 e. The van der Waals surface area contributed by atoms with Crippen molar-refractivity contribution in [1.29, 1.82) is 0 Å². The van der Waals surface area contributed by atoms with Gasteiger partial charge in [-0.15, -0.1) is 0 Å². The molecule has 26 heavy (non-hydrogen) atoms. The number of ether oxygens (including phenoxy) is 2. The quantitative estimate of drug-likeness (QED) is 0.795. The highest BCUT2D eigenvalue weighted by Gasteiger charge is 2.44. The summed E-state index contributed by atoms with van der Waals surface area (Å²) in [6, 6.07) is 5.80. The number of hydrogen-bond donors (Lipinski definition) is 0. The maximum atomic E-state index is 5.90.